The molecule has 2 heterocycles. The lowest BCUT2D eigenvalue weighted by Crippen LogP contribution is -2.12. The van der Waals surface area contributed by atoms with Crippen LogP contribution in [0.2, 0.25) is 5.02 Å². The Hall–Kier alpha value is -2.76. The summed E-state index contributed by atoms with van der Waals surface area (Å²) in [5.74, 6) is -0.188. The monoisotopic (exact) mass is 365 g/mol. The lowest BCUT2D eigenvalue weighted by molar-refractivity contribution is 0.102. The van der Waals surface area contributed by atoms with Crippen LogP contribution in [-0.4, -0.2) is 15.9 Å². The van der Waals surface area contributed by atoms with E-state index in [-0.39, 0.29) is 5.91 Å². The van der Waals surface area contributed by atoms with Gasteiger partial charge in [-0.2, -0.15) is 0 Å². The summed E-state index contributed by atoms with van der Waals surface area (Å²) in [5.41, 5.74) is 5.66. The van der Waals surface area contributed by atoms with Gasteiger partial charge in [0.1, 0.15) is 0 Å². The zero-order valence-electron chi connectivity index (χ0n) is 12.9. The van der Waals surface area contributed by atoms with Crippen LogP contribution in [-0.2, 0) is 0 Å². The molecule has 0 aliphatic heterocycles. The molecule has 4 nitrogen and oxygen atoms in total. The first-order chi connectivity index (χ1) is 12.2. The molecular weight excluding hydrogens is 354 g/mol. The molecule has 0 spiro atoms. The third-order valence-electron chi connectivity index (χ3n) is 3.80. The minimum atomic E-state index is -0.188. The van der Waals surface area contributed by atoms with Crippen LogP contribution in [0.1, 0.15) is 10.4 Å². The molecule has 6 heteroatoms. The Morgan fingerprint density at radius 3 is 2.92 bits per heavy atom. The van der Waals surface area contributed by atoms with Crippen molar-refractivity contribution in [3.8, 4) is 11.1 Å². The molecule has 2 aromatic carbocycles. The number of carbonyl (C=O) groups excluding carboxylic acids is 1. The summed E-state index contributed by atoms with van der Waals surface area (Å²) >= 11 is 7.59. The lowest BCUT2D eigenvalue weighted by Gasteiger charge is -2.11. The number of benzene rings is 2. The normalized spacial score (nSPS) is 10.8. The molecule has 1 amide bonds. The van der Waals surface area contributed by atoms with Crippen molar-refractivity contribution in [1.29, 1.82) is 0 Å². The average Bonchev–Trinajstić information content (AvgIpc) is 3.10. The number of amides is 1. The van der Waals surface area contributed by atoms with Gasteiger partial charge in [-0.05, 0) is 42.0 Å². The Balaban J connectivity index is 1.67. The third-order valence-corrected chi connectivity index (χ3v) is 4.83. The van der Waals surface area contributed by atoms with Gasteiger partial charge in [-0.3, -0.25) is 9.78 Å². The van der Waals surface area contributed by atoms with E-state index in [1.807, 2.05) is 42.5 Å². The van der Waals surface area contributed by atoms with Crippen molar-refractivity contribution >= 4 is 44.7 Å². The van der Waals surface area contributed by atoms with Crippen LogP contribution in [0.5, 0.6) is 0 Å². The second kappa shape index (κ2) is 6.63. The van der Waals surface area contributed by atoms with E-state index in [2.05, 4.69) is 15.3 Å². The van der Waals surface area contributed by atoms with Crippen LogP contribution in [0.3, 0.4) is 0 Å². The van der Waals surface area contributed by atoms with E-state index in [9.17, 15) is 4.79 Å². The maximum absolute atomic E-state index is 12.6. The minimum absolute atomic E-state index is 0.188. The van der Waals surface area contributed by atoms with E-state index in [1.165, 1.54) is 11.3 Å². The maximum atomic E-state index is 12.6. The molecule has 2 aromatic heterocycles. The van der Waals surface area contributed by atoms with Gasteiger partial charge >= 0.3 is 0 Å². The van der Waals surface area contributed by atoms with Crippen LogP contribution in [0, 0.1) is 0 Å². The average molecular weight is 366 g/mol. The highest BCUT2D eigenvalue weighted by molar-refractivity contribution is 7.16. The summed E-state index contributed by atoms with van der Waals surface area (Å²) in [7, 11) is 0. The van der Waals surface area contributed by atoms with Crippen LogP contribution in [0.15, 0.2) is 66.4 Å². The molecule has 1 N–H and O–H groups in total. The second-order valence-electron chi connectivity index (χ2n) is 5.42. The summed E-state index contributed by atoms with van der Waals surface area (Å²) in [4.78, 5) is 21.0. The van der Waals surface area contributed by atoms with Crippen LogP contribution in [0.25, 0.3) is 21.3 Å². The molecule has 4 rings (SSSR count). The highest BCUT2D eigenvalue weighted by Gasteiger charge is 2.12. The molecule has 0 radical (unpaired) electrons. The van der Waals surface area contributed by atoms with Crippen molar-refractivity contribution in [2.75, 3.05) is 5.32 Å². The van der Waals surface area contributed by atoms with Gasteiger partial charge in [0.15, 0.2) is 0 Å². The number of anilines is 1. The fourth-order valence-electron chi connectivity index (χ4n) is 2.59. The number of pyridine rings is 1. The first-order valence-corrected chi connectivity index (χ1v) is 8.81. The highest BCUT2D eigenvalue weighted by atomic mass is 35.5. The number of fused-ring (bicyclic) bond motifs is 1. The third kappa shape index (κ3) is 3.24. The Bertz CT molecular complexity index is 1080. The smallest absolute Gasteiger partial charge is 0.255 e. The Morgan fingerprint density at radius 1 is 1.12 bits per heavy atom. The van der Waals surface area contributed by atoms with Crippen molar-refractivity contribution in [2.45, 2.75) is 0 Å². The summed E-state index contributed by atoms with van der Waals surface area (Å²) < 4.78 is 0.980. The lowest BCUT2D eigenvalue weighted by atomic mass is 10.1. The minimum Gasteiger partial charge on any atom is -0.320 e. The number of nitrogens with zero attached hydrogens (tertiary/aromatic N) is 2. The molecule has 0 saturated heterocycles. The van der Waals surface area contributed by atoms with Crippen molar-refractivity contribution in [1.82, 2.24) is 9.97 Å². The number of halogens is 1. The van der Waals surface area contributed by atoms with Gasteiger partial charge in [0.05, 0.1) is 27.6 Å². The zero-order valence-corrected chi connectivity index (χ0v) is 14.5. The van der Waals surface area contributed by atoms with E-state index >= 15 is 0 Å². The fourth-order valence-corrected chi connectivity index (χ4v) is 3.50. The second-order valence-corrected chi connectivity index (χ2v) is 6.74. The van der Waals surface area contributed by atoms with Gasteiger partial charge in [-0.25, -0.2) is 4.98 Å². The molecule has 0 unspecified atom stereocenters. The topological polar surface area (TPSA) is 54.9 Å². The van der Waals surface area contributed by atoms with E-state index < -0.39 is 0 Å². The molecule has 25 heavy (non-hydrogen) atoms. The van der Waals surface area contributed by atoms with E-state index in [0.717, 1.165) is 21.3 Å². The van der Waals surface area contributed by atoms with Crippen molar-refractivity contribution < 1.29 is 4.79 Å². The maximum Gasteiger partial charge on any atom is 0.255 e. The predicted molar refractivity (Wildman–Crippen MR) is 102 cm³/mol. The number of nitrogens with one attached hydrogen (secondary N) is 1. The zero-order chi connectivity index (χ0) is 17.2. The van der Waals surface area contributed by atoms with Gasteiger partial charge in [0.2, 0.25) is 0 Å². The van der Waals surface area contributed by atoms with E-state index in [1.54, 1.807) is 24.0 Å². The summed E-state index contributed by atoms with van der Waals surface area (Å²) in [5, 5.41) is 3.58. The highest BCUT2D eigenvalue weighted by Crippen LogP contribution is 2.29. The van der Waals surface area contributed by atoms with Gasteiger partial charge in [-0.15, -0.1) is 11.3 Å². The van der Waals surface area contributed by atoms with E-state index in [4.69, 9.17) is 11.6 Å². The summed E-state index contributed by atoms with van der Waals surface area (Å²) in [6, 6.07) is 14.8. The Morgan fingerprint density at radius 2 is 2.04 bits per heavy atom. The number of aromatic nitrogens is 2. The quantitative estimate of drug-likeness (QED) is 0.538. The van der Waals surface area contributed by atoms with Crippen molar-refractivity contribution in [3.05, 3.63) is 77.0 Å². The molecule has 0 aliphatic rings. The first kappa shape index (κ1) is 15.7. The van der Waals surface area contributed by atoms with Gasteiger partial charge in [-0.1, -0.05) is 23.7 Å². The SMILES string of the molecule is O=C(Nc1cnccc1-c1cccc(Cl)c1)c1ccc2ncsc2c1. The first-order valence-electron chi connectivity index (χ1n) is 7.55. The fraction of sp³-hybridized carbons (Fsp3) is 0. The predicted octanol–water partition coefficient (Wildman–Crippen LogP) is 5.26. The number of hydrogen-bond acceptors (Lipinski definition) is 4. The molecular formula is C19H12ClN3OS. The number of thiazole rings is 1. The Kier molecular flexibility index (Phi) is 4.17. The molecule has 0 atom stereocenters. The molecule has 0 fully saturated rings. The summed E-state index contributed by atoms with van der Waals surface area (Å²) in [6.07, 6.45) is 3.33. The molecule has 0 aliphatic carbocycles. The van der Waals surface area contributed by atoms with E-state index in [0.29, 0.717) is 16.3 Å². The molecule has 0 bridgehead atoms. The van der Waals surface area contributed by atoms with Crippen LogP contribution < -0.4 is 5.32 Å². The number of hydrogen-bond donors (Lipinski definition) is 1. The van der Waals surface area contributed by atoms with Gasteiger partial charge in [0.25, 0.3) is 5.91 Å². The summed E-state index contributed by atoms with van der Waals surface area (Å²) in [6.45, 7) is 0. The number of carbonyl (C=O) groups is 1. The molecule has 0 saturated carbocycles. The van der Waals surface area contributed by atoms with Gasteiger partial charge < -0.3 is 5.32 Å². The standard InChI is InChI=1S/C19H12ClN3OS/c20-14-3-1-2-12(8-14)15-6-7-21-10-17(15)23-19(24)13-4-5-16-18(9-13)25-11-22-16/h1-11H,(H,23,24). The molecule has 122 valence electrons. The Labute approximate surface area is 153 Å². The largest absolute Gasteiger partial charge is 0.320 e. The number of rotatable bonds is 3. The van der Waals surface area contributed by atoms with Crippen molar-refractivity contribution in [3.63, 3.8) is 0 Å². The molecule has 4 aromatic rings. The van der Waals surface area contributed by atoms with Crippen LogP contribution in [0.4, 0.5) is 5.69 Å². The van der Waals surface area contributed by atoms with Crippen LogP contribution >= 0.6 is 22.9 Å². The van der Waals surface area contributed by atoms with Crippen molar-refractivity contribution in [2.24, 2.45) is 0 Å². The van der Waals surface area contributed by atoms with Gasteiger partial charge in [0, 0.05) is 22.3 Å².